The predicted molar refractivity (Wildman–Crippen MR) is 68.2 cm³/mol. The van der Waals surface area contributed by atoms with Gasteiger partial charge in [-0.2, -0.15) is 11.8 Å². The van der Waals surface area contributed by atoms with E-state index in [1.165, 1.54) is 11.8 Å². The minimum atomic E-state index is -0.808. The van der Waals surface area contributed by atoms with Gasteiger partial charge in [0, 0.05) is 24.2 Å². The van der Waals surface area contributed by atoms with Crippen molar-refractivity contribution in [3.63, 3.8) is 0 Å². The Morgan fingerprint density at radius 2 is 2.44 bits per heavy atom. The minimum absolute atomic E-state index is 0.0646. The molecule has 1 N–H and O–H groups in total. The van der Waals surface area contributed by atoms with Crippen molar-refractivity contribution in [3.05, 3.63) is 12.4 Å². The first kappa shape index (κ1) is 13.4. The van der Waals surface area contributed by atoms with Gasteiger partial charge >= 0.3 is 5.97 Å². The maximum absolute atomic E-state index is 10.5. The highest BCUT2D eigenvalue weighted by molar-refractivity contribution is 7.99. The fourth-order valence-electron chi connectivity index (χ4n) is 1.17. The average molecular weight is 260 g/mol. The molecule has 0 aliphatic rings. The number of carbonyl (C=O) groups is 1. The number of carboxylic acid groups (broad SMARTS) is 1. The fraction of sp³-hybridized carbons (Fsp3) is 0.600. The normalized spacial score (nSPS) is 12.6. The summed E-state index contributed by atoms with van der Waals surface area (Å²) >= 11 is 3.10. The van der Waals surface area contributed by atoms with Crippen LogP contribution in [0, 0.1) is 0 Å². The van der Waals surface area contributed by atoms with Gasteiger partial charge in [-0.3, -0.25) is 4.79 Å². The lowest BCUT2D eigenvalue weighted by Gasteiger charge is -2.10. The van der Waals surface area contributed by atoms with Gasteiger partial charge in [0.25, 0.3) is 0 Å². The van der Waals surface area contributed by atoms with Crippen molar-refractivity contribution >= 4 is 29.5 Å². The molecule has 0 fully saturated rings. The lowest BCUT2D eigenvalue weighted by atomic mass is 10.3. The van der Waals surface area contributed by atoms with Crippen molar-refractivity contribution in [1.29, 1.82) is 0 Å². The van der Waals surface area contributed by atoms with Crippen LogP contribution in [0.15, 0.2) is 17.6 Å². The third-order valence-electron chi connectivity index (χ3n) is 2.18. The molecule has 1 unspecified atom stereocenters. The summed E-state index contributed by atoms with van der Waals surface area (Å²) < 4.78 is 2.01. The molecule has 1 aromatic rings. The smallest absolute Gasteiger partial charge is 0.313 e. The van der Waals surface area contributed by atoms with E-state index in [0.717, 1.165) is 18.1 Å². The Labute approximate surface area is 104 Å². The van der Waals surface area contributed by atoms with Crippen LogP contribution in [0.2, 0.25) is 0 Å². The lowest BCUT2D eigenvalue weighted by molar-refractivity contribution is -0.133. The number of imidazole rings is 1. The Kier molecular flexibility index (Phi) is 5.76. The Morgan fingerprint density at radius 1 is 1.69 bits per heavy atom. The molecule has 16 heavy (non-hydrogen) atoms. The van der Waals surface area contributed by atoms with Crippen LogP contribution in [0.5, 0.6) is 0 Å². The zero-order chi connectivity index (χ0) is 12.0. The maximum Gasteiger partial charge on any atom is 0.313 e. The number of aromatic nitrogens is 2. The van der Waals surface area contributed by atoms with E-state index >= 15 is 0 Å². The average Bonchev–Trinajstić information content (AvgIpc) is 2.70. The summed E-state index contributed by atoms with van der Waals surface area (Å²) in [6.07, 6.45) is 6.78. The van der Waals surface area contributed by atoms with Crippen LogP contribution >= 0.6 is 23.5 Å². The molecular formula is C10H16N2O2S2. The molecular weight excluding hydrogens is 244 g/mol. The van der Waals surface area contributed by atoms with E-state index in [-0.39, 0.29) is 5.75 Å². The molecule has 0 aliphatic carbocycles. The summed E-state index contributed by atoms with van der Waals surface area (Å²) in [6, 6.07) is 0. The number of aliphatic carboxylic acids is 1. The highest BCUT2D eigenvalue weighted by Gasteiger charge is 2.07. The van der Waals surface area contributed by atoms with Crippen LogP contribution in [0.3, 0.4) is 0 Å². The fourth-order valence-corrected chi connectivity index (χ4v) is 2.22. The van der Waals surface area contributed by atoms with Crippen LogP contribution in [0.25, 0.3) is 0 Å². The third kappa shape index (κ3) is 4.49. The molecule has 0 saturated heterocycles. The SMILES string of the molecule is CSC(C)CCn1ccnc1SCC(=O)O. The molecule has 0 bridgehead atoms. The Hall–Kier alpha value is -0.620. The van der Waals surface area contributed by atoms with Crippen molar-refractivity contribution in [2.24, 2.45) is 0 Å². The second-order valence-electron chi connectivity index (χ2n) is 3.42. The van der Waals surface area contributed by atoms with E-state index in [4.69, 9.17) is 5.11 Å². The summed E-state index contributed by atoms with van der Waals surface area (Å²) in [6.45, 7) is 3.08. The topological polar surface area (TPSA) is 55.1 Å². The molecule has 0 amide bonds. The zero-order valence-corrected chi connectivity index (χ0v) is 11.1. The molecule has 90 valence electrons. The van der Waals surface area contributed by atoms with Crippen LogP contribution in [-0.2, 0) is 11.3 Å². The van der Waals surface area contributed by atoms with E-state index in [1.807, 2.05) is 22.5 Å². The number of carboxylic acids is 1. The number of thioether (sulfide) groups is 2. The Balaban J connectivity index is 2.46. The predicted octanol–water partition coefficient (Wildman–Crippen LogP) is 2.20. The summed E-state index contributed by atoms with van der Waals surface area (Å²) in [4.78, 5) is 14.6. The largest absolute Gasteiger partial charge is 0.481 e. The van der Waals surface area contributed by atoms with Crippen LogP contribution < -0.4 is 0 Å². The summed E-state index contributed by atoms with van der Waals surface area (Å²) in [5.74, 6) is -0.744. The molecule has 1 rings (SSSR count). The first-order chi connectivity index (χ1) is 7.63. The summed E-state index contributed by atoms with van der Waals surface area (Å²) in [7, 11) is 0. The van der Waals surface area contributed by atoms with Crippen molar-refractivity contribution in [2.75, 3.05) is 12.0 Å². The maximum atomic E-state index is 10.5. The summed E-state index contributed by atoms with van der Waals surface area (Å²) in [5, 5.41) is 10.00. The Bertz CT molecular complexity index is 341. The minimum Gasteiger partial charge on any atom is -0.481 e. The number of aryl methyl sites for hydroxylation is 1. The molecule has 0 aromatic carbocycles. The van der Waals surface area contributed by atoms with Crippen LogP contribution in [-0.4, -0.2) is 37.9 Å². The second-order valence-corrected chi connectivity index (χ2v) is 5.64. The molecule has 1 aromatic heterocycles. The molecule has 1 atom stereocenters. The van der Waals surface area contributed by atoms with Gasteiger partial charge in [0.05, 0.1) is 5.75 Å². The monoisotopic (exact) mass is 260 g/mol. The van der Waals surface area contributed by atoms with Crippen molar-refractivity contribution in [1.82, 2.24) is 9.55 Å². The molecule has 0 radical (unpaired) electrons. The standard InChI is InChI=1S/C10H16N2O2S2/c1-8(15-2)3-5-12-6-4-11-10(12)16-7-9(13)14/h4,6,8H,3,5,7H2,1-2H3,(H,13,14). The lowest BCUT2D eigenvalue weighted by Crippen LogP contribution is -2.06. The van der Waals surface area contributed by atoms with Crippen LogP contribution in [0.1, 0.15) is 13.3 Å². The number of hydrogen-bond acceptors (Lipinski definition) is 4. The molecule has 4 nitrogen and oxygen atoms in total. The third-order valence-corrected chi connectivity index (χ3v) is 4.21. The van der Waals surface area contributed by atoms with Gasteiger partial charge in [0.2, 0.25) is 0 Å². The summed E-state index contributed by atoms with van der Waals surface area (Å²) in [5.41, 5.74) is 0. The zero-order valence-electron chi connectivity index (χ0n) is 9.42. The molecule has 0 aliphatic heterocycles. The van der Waals surface area contributed by atoms with E-state index in [1.54, 1.807) is 6.20 Å². The molecule has 6 heteroatoms. The van der Waals surface area contributed by atoms with Gasteiger partial charge in [0.15, 0.2) is 5.16 Å². The van der Waals surface area contributed by atoms with Crippen LogP contribution in [0.4, 0.5) is 0 Å². The van der Waals surface area contributed by atoms with E-state index in [0.29, 0.717) is 5.25 Å². The van der Waals surface area contributed by atoms with Gasteiger partial charge < -0.3 is 9.67 Å². The van der Waals surface area contributed by atoms with E-state index < -0.39 is 5.97 Å². The first-order valence-corrected chi connectivity index (χ1v) is 7.29. The van der Waals surface area contributed by atoms with Gasteiger partial charge in [-0.15, -0.1) is 0 Å². The van der Waals surface area contributed by atoms with Gasteiger partial charge in [-0.25, -0.2) is 4.98 Å². The number of hydrogen-bond donors (Lipinski definition) is 1. The van der Waals surface area contributed by atoms with Crippen molar-refractivity contribution < 1.29 is 9.90 Å². The highest BCUT2D eigenvalue weighted by atomic mass is 32.2. The first-order valence-electron chi connectivity index (χ1n) is 5.02. The van der Waals surface area contributed by atoms with E-state index in [2.05, 4.69) is 18.2 Å². The van der Waals surface area contributed by atoms with E-state index in [9.17, 15) is 4.79 Å². The molecule has 0 spiro atoms. The number of nitrogens with zero attached hydrogens (tertiary/aromatic N) is 2. The van der Waals surface area contributed by atoms with Crippen molar-refractivity contribution in [2.45, 2.75) is 30.3 Å². The quantitative estimate of drug-likeness (QED) is 0.762. The van der Waals surface area contributed by atoms with Crippen molar-refractivity contribution in [3.8, 4) is 0 Å². The van der Waals surface area contributed by atoms with Gasteiger partial charge in [-0.1, -0.05) is 18.7 Å². The Morgan fingerprint density at radius 3 is 3.06 bits per heavy atom. The number of rotatable bonds is 7. The van der Waals surface area contributed by atoms with Gasteiger partial charge in [-0.05, 0) is 12.7 Å². The molecule has 0 saturated carbocycles. The molecule has 1 heterocycles. The van der Waals surface area contributed by atoms with Gasteiger partial charge in [0.1, 0.15) is 0 Å². The highest BCUT2D eigenvalue weighted by Crippen LogP contribution is 2.17. The second kappa shape index (κ2) is 6.85.